The number of hydrogen-bond donors (Lipinski definition) is 1. The van der Waals surface area contributed by atoms with Gasteiger partial charge >= 0.3 is 0 Å². The summed E-state index contributed by atoms with van der Waals surface area (Å²) in [4.78, 5) is 16.2. The third-order valence-corrected chi connectivity index (χ3v) is 7.51. The number of ether oxygens (including phenoxy) is 1. The lowest BCUT2D eigenvalue weighted by Gasteiger charge is -2.38. The first kappa shape index (κ1) is 28.1. The second kappa shape index (κ2) is 13.7. The predicted octanol–water partition coefficient (Wildman–Crippen LogP) is 7.04. The van der Waals surface area contributed by atoms with Gasteiger partial charge in [-0.05, 0) is 71.2 Å². The average molecular weight is 486 g/mol. The molecule has 0 spiro atoms. The van der Waals surface area contributed by atoms with Crippen LogP contribution in [0.25, 0.3) is 0 Å². The van der Waals surface area contributed by atoms with Crippen molar-refractivity contribution in [3.8, 4) is 0 Å². The van der Waals surface area contributed by atoms with Gasteiger partial charge in [0.1, 0.15) is 6.10 Å². The van der Waals surface area contributed by atoms with E-state index in [0.717, 1.165) is 25.7 Å². The number of nitrogens with zero attached hydrogens (tertiary/aromatic N) is 1. The van der Waals surface area contributed by atoms with Gasteiger partial charge in [0.2, 0.25) is 5.78 Å². The molecule has 4 nitrogen and oxygen atoms in total. The Morgan fingerprint density at radius 2 is 1.76 bits per heavy atom. The Hall–Kier alpha value is -2.11. The van der Waals surface area contributed by atoms with Crippen LogP contribution >= 0.6 is 11.3 Å². The number of carbonyl (C=O) groups excluding carboxylic acids is 1. The Balaban J connectivity index is 2.04. The van der Waals surface area contributed by atoms with Crippen molar-refractivity contribution in [3.05, 3.63) is 68.8 Å². The monoisotopic (exact) mass is 485 g/mol. The van der Waals surface area contributed by atoms with Crippen LogP contribution in [0.5, 0.6) is 0 Å². The summed E-state index contributed by atoms with van der Waals surface area (Å²) in [5.41, 5.74) is 4.71. The van der Waals surface area contributed by atoms with E-state index in [1.165, 1.54) is 28.7 Å². The van der Waals surface area contributed by atoms with Crippen molar-refractivity contribution in [1.29, 1.82) is 0 Å². The number of rotatable bonds is 12. The van der Waals surface area contributed by atoms with E-state index in [2.05, 4.69) is 52.0 Å². The molecule has 1 aromatic rings. The minimum atomic E-state index is -0.742. The lowest BCUT2D eigenvalue weighted by Crippen LogP contribution is -2.44. The van der Waals surface area contributed by atoms with Crippen molar-refractivity contribution >= 4 is 17.1 Å². The summed E-state index contributed by atoms with van der Waals surface area (Å²) in [6.45, 7) is 11.2. The number of thiophene rings is 1. The Labute approximate surface area is 210 Å². The Bertz CT molecular complexity index is 919. The highest BCUT2D eigenvalue weighted by Gasteiger charge is 2.42. The standard InChI is InChI=1S/C29H43NO3S/c1-20(2)11-8-12-21(3)13-9-14-22(4)16-17-25-23(5)27(31)29(33-7)26(28(25)32)30(6)19-24-15-10-18-34-24/h10-11,13,15-16,18,23,25,28,32H,8-9,12,14,17,19H2,1-7H3/b21-13+,22-16+/t23-,25-,28-/m0/s1. The highest BCUT2D eigenvalue weighted by Crippen LogP contribution is 2.37. The van der Waals surface area contributed by atoms with E-state index in [4.69, 9.17) is 4.74 Å². The summed E-state index contributed by atoms with van der Waals surface area (Å²) in [6, 6.07) is 4.08. The second-order valence-corrected chi connectivity index (χ2v) is 10.8. The maximum Gasteiger partial charge on any atom is 0.202 e. The lowest BCUT2D eigenvalue weighted by molar-refractivity contribution is -0.127. The molecule has 0 aromatic carbocycles. The summed E-state index contributed by atoms with van der Waals surface area (Å²) < 4.78 is 5.49. The summed E-state index contributed by atoms with van der Waals surface area (Å²) in [5.74, 6) is -0.176. The fraction of sp³-hybridized carbons (Fsp3) is 0.552. The van der Waals surface area contributed by atoms with E-state index < -0.39 is 6.10 Å². The van der Waals surface area contributed by atoms with Crippen LogP contribution in [0, 0.1) is 11.8 Å². The van der Waals surface area contributed by atoms with E-state index in [1.54, 1.807) is 11.3 Å². The molecular formula is C29H43NO3S. The average Bonchev–Trinajstić information content (AvgIpc) is 3.28. The molecule has 34 heavy (non-hydrogen) atoms. The van der Waals surface area contributed by atoms with E-state index in [9.17, 15) is 9.90 Å². The molecule has 1 aliphatic rings. The summed E-state index contributed by atoms with van der Waals surface area (Å²) in [7, 11) is 3.44. The zero-order chi connectivity index (χ0) is 25.3. The van der Waals surface area contributed by atoms with Gasteiger partial charge < -0.3 is 14.7 Å². The van der Waals surface area contributed by atoms with Crippen molar-refractivity contribution < 1.29 is 14.6 Å². The molecule has 1 heterocycles. The van der Waals surface area contributed by atoms with Crippen molar-refractivity contribution in [3.63, 3.8) is 0 Å². The number of Topliss-reactive ketones (excluding diaryl/α,β-unsaturated/α-hetero) is 1. The van der Waals surface area contributed by atoms with Crippen LogP contribution < -0.4 is 0 Å². The third-order valence-electron chi connectivity index (χ3n) is 6.65. The molecule has 0 bridgehead atoms. The van der Waals surface area contributed by atoms with Crippen molar-refractivity contribution in [1.82, 2.24) is 4.90 Å². The van der Waals surface area contributed by atoms with E-state index in [0.29, 0.717) is 24.4 Å². The first-order valence-corrected chi connectivity index (χ1v) is 13.2. The highest BCUT2D eigenvalue weighted by molar-refractivity contribution is 7.09. The van der Waals surface area contributed by atoms with Crippen LogP contribution in [0.1, 0.15) is 71.6 Å². The van der Waals surface area contributed by atoms with Crippen molar-refractivity contribution in [2.75, 3.05) is 14.2 Å². The van der Waals surface area contributed by atoms with Gasteiger partial charge in [-0.1, -0.05) is 47.9 Å². The fourth-order valence-corrected chi connectivity index (χ4v) is 5.23. The Morgan fingerprint density at radius 3 is 2.35 bits per heavy atom. The number of aliphatic hydroxyl groups is 1. The molecule has 188 valence electrons. The van der Waals surface area contributed by atoms with Crippen LogP contribution in [0.3, 0.4) is 0 Å². The molecule has 0 fully saturated rings. The molecule has 0 radical (unpaired) electrons. The molecule has 0 aliphatic heterocycles. The molecule has 1 aromatic heterocycles. The Kier molecular flexibility index (Phi) is 11.3. The van der Waals surface area contributed by atoms with Crippen LogP contribution in [-0.2, 0) is 16.1 Å². The van der Waals surface area contributed by atoms with E-state index in [1.807, 2.05) is 30.3 Å². The molecule has 1 N–H and O–H groups in total. The number of hydrogen-bond acceptors (Lipinski definition) is 5. The van der Waals surface area contributed by atoms with Gasteiger partial charge in [0.05, 0.1) is 19.4 Å². The van der Waals surface area contributed by atoms with E-state index in [-0.39, 0.29) is 17.6 Å². The van der Waals surface area contributed by atoms with Gasteiger partial charge in [-0.25, -0.2) is 0 Å². The first-order chi connectivity index (χ1) is 16.1. The van der Waals surface area contributed by atoms with Gasteiger partial charge in [0, 0.05) is 23.8 Å². The highest BCUT2D eigenvalue weighted by atomic mass is 32.1. The molecule has 3 atom stereocenters. The molecular weight excluding hydrogens is 442 g/mol. The quantitative estimate of drug-likeness (QED) is 0.323. The summed E-state index contributed by atoms with van der Waals surface area (Å²) >= 11 is 1.67. The van der Waals surface area contributed by atoms with Crippen molar-refractivity contribution in [2.24, 2.45) is 11.8 Å². The smallest absolute Gasteiger partial charge is 0.202 e. The molecule has 0 saturated heterocycles. The maximum atomic E-state index is 13.1. The number of carbonyl (C=O) groups is 1. The topological polar surface area (TPSA) is 49.8 Å². The second-order valence-electron chi connectivity index (χ2n) is 9.81. The van der Waals surface area contributed by atoms with Gasteiger partial charge in [-0.15, -0.1) is 11.3 Å². The lowest BCUT2D eigenvalue weighted by atomic mass is 9.76. The van der Waals surface area contributed by atoms with Crippen LogP contribution in [-0.4, -0.2) is 36.1 Å². The van der Waals surface area contributed by atoms with E-state index >= 15 is 0 Å². The molecule has 5 heteroatoms. The Morgan fingerprint density at radius 1 is 1.12 bits per heavy atom. The minimum absolute atomic E-state index is 0.0215. The number of likely N-dealkylation sites (N-methyl/N-ethyl adjacent to an activating group) is 1. The number of ketones is 1. The van der Waals surface area contributed by atoms with Crippen molar-refractivity contribution in [2.45, 2.75) is 79.4 Å². The third kappa shape index (κ3) is 7.99. The normalized spacial score (nSPS) is 21.6. The molecule has 2 rings (SSSR count). The molecule has 0 amide bonds. The largest absolute Gasteiger partial charge is 0.491 e. The van der Waals surface area contributed by atoms with Gasteiger partial charge in [0.15, 0.2) is 5.76 Å². The van der Waals surface area contributed by atoms with Gasteiger partial charge in [-0.2, -0.15) is 0 Å². The van der Waals surface area contributed by atoms with Gasteiger partial charge in [-0.3, -0.25) is 4.79 Å². The summed E-state index contributed by atoms with van der Waals surface area (Å²) in [6.07, 6.45) is 11.0. The van der Waals surface area contributed by atoms with Crippen LogP contribution in [0.4, 0.5) is 0 Å². The van der Waals surface area contributed by atoms with Gasteiger partial charge in [0.25, 0.3) is 0 Å². The number of allylic oxidation sites excluding steroid dienone is 7. The molecule has 0 saturated carbocycles. The maximum absolute atomic E-state index is 13.1. The number of methoxy groups -OCH3 is 1. The summed E-state index contributed by atoms with van der Waals surface area (Å²) in [5, 5.41) is 13.4. The minimum Gasteiger partial charge on any atom is -0.491 e. The zero-order valence-corrected chi connectivity index (χ0v) is 22.9. The molecule has 1 aliphatic carbocycles. The predicted molar refractivity (Wildman–Crippen MR) is 144 cm³/mol. The fourth-order valence-electron chi connectivity index (χ4n) is 4.47. The SMILES string of the molecule is COC1=C(N(C)Cc2cccs2)[C@@H](O)[C@@H](C/C=C(\C)CC/C=C(\C)CCC=C(C)C)[C@H](C)C1=O. The first-order valence-electron chi connectivity index (χ1n) is 12.3. The zero-order valence-electron chi connectivity index (χ0n) is 22.1. The van der Waals surface area contributed by atoms with Crippen LogP contribution in [0.2, 0.25) is 0 Å². The van der Waals surface area contributed by atoms with Crippen LogP contribution in [0.15, 0.2) is 63.9 Å². The molecule has 0 unspecified atom stereocenters. The number of aliphatic hydroxyl groups excluding tert-OH is 1.